The molecule has 1 aliphatic heterocycles. The van der Waals surface area contributed by atoms with Crippen molar-refractivity contribution in [2.75, 3.05) is 19.4 Å². The molecule has 1 unspecified atom stereocenters. The van der Waals surface area contributed by atoms with Crippen LogP contribution >= 0.6 is 14.8 Å². The number of hydrogen-bond donors (Lipinski definition) is 0. The van der Waals surface area contributed by atoms with Crippen LogP contribution in [-0.2, 0) is 11.0 Å². The highest BCUT2D eigenvalue weighted by molar-refractivity contribution is 8.04. The molecule has 1 fully saturated rings. The first-order valence-electron chi connectivity index (χ1n) is 14.2. The summed E-state index contributed by atoms with van der Waals surface area (Å²) in [5.74, 6) is 0. The molecule has 0 saturated carbocycles. The molecule has 1 saturated heterocycles. The van der Waals surface area contributed by atoms with Gasteiger partial charge in [-0.25, -0.2) is 4.21 Å². The van der Waals surface area contributed by atoms with Crippen LogP contribution in [0.3, 0.4) is 0 Å². The summed E-state index contributed by atoms with van der Waals surface area (Å²) in [6, 6.07) is 41.3. The molecule has 0 radical (unpaired) electrons. The Morgan fingerprint density at radius 2 is 0.929 bits per heavy atom. The van der Waals surface area contributed by atoms with Gasteiger partial charge in [0.15, 0.2) is 20.5 Å². The topological polar surface area (TPSA) is 23.6 Å². The van der Waals surface area contributed by atoms with Crippen LogP contribution in [0.4, 0.5) is 13.2 Å². The van der Waals surface area contributed by atoms with Crippen LogP contribution < -0.4 is 21.2 Å². The number of rotatable bonds is 9. The summed E-state index contributed by atoms with van der Waals surface area (Å²) in [6.45, 7) is 3.89. The van der Waals surface area contributed by atoms with Gasteiger partial charge in [-0.1, -0.05) is 86.6 Å². The van der Waals surface area contributed by atoms with E-state index >= 15 is 0 Å². The zero-order valence-corrected chi connectivity index (χ0v) is 26.7. The van der Waals surface area contributed by atoms with Crippen LogP contribution in [0.15, 0.2) is 121 Å². The lowest BCUT2D eigenvalue weighted by atomic mass is 10.1. The summed E-state index contributed by atoms with van der Waals surface area (Å²) in [6.07, 6.45) is 2.33. The normalized spacial score (nSPS) is 17.8. The predicted molar refractivity (Wildman–Crippen MR) is 175 cm³/mol. The van der Waals surface area contributed by atoms with Crippen molar-refractivity contribution in [1.82, 2.24) is 8.75 Å². The largest absolute Gasteiger partial charge is 0.485 e. The smallest absolute Gasteiger partial charge is 0.233 e. The van der Waals surface area contributed by atoms with Gasteiger partial charge in [0.1, 0.15) is 33.5 Å². The molecular formula is C33H37F3N2OP2S+2. The highest BCUT2D eigenvalue weighted by Gasteiger charge is 2.77. The first kappa shape index (κ1) is 31.0. The van der Waals surface area contributed by atoms with Gasteiger partial charge in [-0.15, -0.1) is 0 Å². The maximum Gasteiger partial charge on any atom is 0.485 e. The second-order valence-corrected chi connectivity index (χ2v) is 19.2. The Bertz CT molecular complexity index is 1320. The quantitative estimate of drug-likeness (QED) is 0.185. The Morgan fingerprint density at radius 3 is 1.17 bits per heavy atom. The molecule has 1 aliphatic rings. The summed E-state index contributed by atoms with van der Waals surface area (Å²) in [5, 5.41) is 4.51. The molecular weight excluding hydrogens is 591 g/mol. The average Bonchev–Trinajstić information content (AvgIpc) is 3.41. The van der Waals surface area contributed by atoms with Crippen molar-refractivity contribution in [1.29, 1.82) is 0 Å². The lowest BCUT2D eigenvalue weighted by Crippen LogP contribution is -2.62. The minimum atomic E-state index is -4.88. The van der Waals surface area contributed by atoms with E-state index in [0.29, 0.717) is 12.8 Å². The van der Waals surface area contributed by atoms with Crippen LogP contribution in [0, 0.1) is 0 Å². The molecule has 0 aliphatic carbocycles. The number of alkyl halides is 3. The Labute approximate surface area is 251 Å². The summed E-state index contributed by atoms with van der Waals surface area (Å²) >= 11 is 0. The second kappa shape index (κ2) is 12.3. The predicted octanol–water partition coefficient (Wildman–Crippen LogP) is 7.10. The second-order valence-electron chi connectivity index (χ2n) is 10.5. The molecule has 0 aromatic heterocycles. The Hall–Kier alpha value is -2.40. The summed E-state index contributed by atoms with van der Waals surface area (Å²) in [5.41, 5.74) is -6.05. The van der Waals surface area contributed by atoms with Crippen LogP contribution in [0.5, 0.6) is 0 Å². The van der Waals surface area contributed by atoms with Crippen molar-refractivity contribution in [3.05, 3.63) is 121 Å². The summed E-state index contributed by atoms with van der Waals surface area (Å²) < 4.78 is 60.0. The average molecular weight is 629 g/mol. The van der Waals surface area contributed by atoms with Crippen molar-refractivity contribution in [2.45, 2.75) is 37.9 Å². The van der Waals surface area contributed by atoms with Gasteiger partial charge in [-0.05, 0) is 65.8 Å². The van der Waals surface area contributed by atoms with Gasteiger partial charge in [0.2, 0.25) is 11.0 Å². The molecule has 4 aromatic carbocycles. The molecule has 4 aromatic rings. The fraction of sp³-hybridized carbons (Fsp3) is 0.273. The van der Waals surface area contributed by atoms with E-state index in [2.05, 4.69) is 53.0 Å². The monoisotopic (exact) mass is 628 g/mol. The Balaban J connectivity index is 1.97. The van der Waals surface area contributed by atoms with Crippen molar-refractivity contribution >= 4 is 47.0 Å². The summed E-state index contributed by atoms with van der Waals surface area (Å²) in [7, 11) is -6.96. The van der Waals surface area contributed by atoms with Crippen LogP contribution in [0.2, 0.25) is 0 Å². The SMILES string of the molecule is CCC(CC)(N(C)S(=O)C(F)(F)F)N1[P+](c2ccccc2)(c2ccccc2)CC[P+]1(c1ccccc1)c1ccccc1. The van der Waals surface area contributed by atoms with Gasteiger partial charge in [0.05, 0.1) is 0 Å². The highest BCUT2D eigenvalue weighted by Crippen LogP contribution is 2.85. The molecule has 0 bridgehead atoms. The van der Waals surface area contributed by atoms with Crippen LogP contribution in [0.1, 0.15) is 26.7 Å². The third-order valence-electron chi connectivity index (χ3n) is 8.66. The lowest BCUT2D eigenvalue weighted by Gasteiger charge is -2.49. The number of benzene rings is 4. The molecule has 5 rings (SSSR count). The van der Waals surface area contributed by atoms with Crippen LogP contribution in [0.25, 0.3) is 0 Å². The highest BCUT2D eigenvalue weighted by atomic mass is 32.2. The molecule has 0 amide bonds. The van der Waals surface area contributed by atoms with Crippen molar-refractivity contribution in [3.63, 3.8) is 0 Å². The Morgan fingerprint density at radius 1 is 0.643 bits per heavy atom. The van der Waals surface area contributed by atoms with E-state index in [1.807, 2.05) is 86.6 Å². The molecule has 0 N–H and O–H groups in total. The molecule has 0 spiro atoms. The van der Waals surface area contributed by atoms with Crippen molar-refractivity contribution < 1.29 is 17.4 Å². The Kier molecular flexibility index (Phi) is 9.09. The molecule has 42 heavy (non-hydrogen) atoms. The summed E-state index contributed by atoms with van der Waals surface area (Å²) in [4.78, 5) is 0. The van der Waals surface area contributed by atoms with Crippen molar-refractivity contribution in [3.8, 4) is 0 Å². The van der Waals surface area contributed by atoms with Gasteiger partial charge < -0.3 is 0 Å². The van der Waals surface area contributed by atoms with Gasteiger partial charge in [-0.3, -0.25) is 0 Å². The molecule has 9 heteroatoms. The first-order chi connectivity index (χ1) is 20.2. The van der Waals surface area contributed by atoms with Crippen LogP contribution in [-0.4, -0.2) is 43.5 Å². The van der Waals surface area contributed by atoms with E-state index in [0.717, 1.165) is 37.8 Å². The maximum absolute atomic E-state index is 14.3. The van der Waals surface area contributed by atoms with Gasteiger partial charge in [0, 0.05) is 7.05 Å². The number of nitrogens with zero attached hydrogens (tertiary/aromatic N) is 2. The van der Waals surface area contributed by atoms with Crippen molar-refractivity contribution in [2.24, 2.45) is 0 Å². The molecule has 1 heterocycles. The maximum atomic E-state index is 14.3. The van der Waals surface area contributed by atoms with Gasteiger partial charge in [-0.2, -0.15) is 17.5 Å². The zero-order chi connectivity index (χ0) is 30.0. The number of hydrogen-bond acceptors (Lipinski definition) is 2. The lowest BCUT2D eigenvalue weighted by molar-refractivity contribution is -0.0472. The fourth-order valence-electron chi connectivity index (χ4n) is 6.74. The van der Waals surface area contributed by atoms with E-state index in [1.165, 1.54) is 7.05 Å². The van der Waals surface area contributed by atoms with E-state index in [9.17, 15) is 17.4 Å². The molecule has 1 atom stereocenters. The first-order valence-corrected chi connectivity index (χ1v) is 19.2. The van der Waals surface area contributed by atoms with E-state index < -0.39 is 37.0 Å². The fourth-order valence-corrected chi connectivity index (χ4v) is 21.6. The van der Waals surface area contributed by atoms with E-state index in [1.54, 1.807) is 0 Å². The van der Waals surface area contributed by atoms with E-state index in [4.69, 9.17) is 0 Å². The van der Waals surface area contributed by atoms with Gasteiger partial charge >= 0.3 is 5.51 Å². The van der Waals surface area contributed by atoms with E-state index in [-0.39, 0.29) is 0 Å². The minimum Gasteiger partial charge on any atom is -0.233 e. The standard InChI is InChI=1S/C33H37F3N2OP2S/c1-4-32(5-2,37(3)42(39)33(34,35)36)38-40(28-18-10-6-11-19-28,29-20-12-7-13-21-29)26-27-41(38,30-22-14-8-15-23-30)31-24-16-9-17-25-31/h6-25H,4-5,26-27H2,1-3H3/q+2. The molecule has 220 valence electrons. The van der Waals surface area contributed by atoms with Gasteiger partial charge in [0.25, 0.3) is 0 Å². The number of halogens is 3. The third-order valence-corrected chi connectivity index (χ3v) is 20.5. The zero-order valence-electron chi connectivity index (χ0n) is 24.1. The molecule has 3 nitrogen and oxygen atoms in total. The minimum absolute atomic E-state index is 0.366. The third kappa shape index (κ3) is 4.98.